The number of carbonyl (C=O) groups excluding carboxylic acids is 1. The smallest absolute Gasteiger partial charge is 0.421 e. The summed E-state index contributed by atoms with van der Waals surface area (Å²) in [6, 6.07) is 13.7. The lowest BCUT2D eigenvalue weighted by Gasteiger charge is -2.15. The predicted octanol–water partition coefficient (Wildman–Crippen LogP) is 3.54. The van der Waals surface area contributed by atoms with E-state index in [0.29, 0.717) is 5.92 Å². The first-order valence-electron chi connectivity index (χ1n) is 12.8. The standard InChI is InChI=1S/C28H34N4O5/c1-5-36-25(33)14-15-31-27(34)30-26(32(28(31)35)17-20-8-6-19(4)7-9-20)29-22-12-13-24(37-18(2)3)23(16-22)21-10-11-21/h6-9,12-13,16,18,21H,5,10-11,14-15,17H2,1-4H3,(H,29,30,34)/p+1. The van der Waals surface area contributed by atoms with Crippen molar-refractivity contribution in [3.63, 3.8) is 0 Å². The summed E-state index contributed by atoms with van der Waals surface area (Å²) in [6.45, 7) is 8.11. The van der Waals surface area contributed by atoms with Gasteiger partial charge in [0.05, 0.1) is 37.9 Å². The average Bonchev–Trinajstić information content (AvgIpc) is 3.69. The van der Waals surface area contributed by atoms with Gasteiger partial charge < -0.3 is 9.47 Å². The van der Waals surface area contributed by atoms with E-state index in [-0.39, 0.29) is 38.2 Å². The highest BCUT2D eigenvalue weighted by Crippen LogP contribution is 2.45. The molecular weight excluding hydrogens is 472 g/mol. The van der Waals surface area contributed by atoms with Crippen LogP contribution in [0.3, 0.4) is 0 Å². The van der Waals surface area contributed by atoms with Crippen LogP contribution in [0.15, 0.2) is 52.1 Å². The highest BCUT2D eigenvalue weighted by atomic mass is 16.5. The Bertz CT molecular complexity index is 1370. The highest BCUT2D eigenvalue weighted by molar-refractivity contribution is 5.69. The molecule has 196 valence electrons. The molecule has 37 heavy (non-hydrogen) atoms. The second-order valence-electron chi connectivity index (χ2n) is 9.66. The van der Waals surface area contributed by atoms with E-state index in [2.05, 4.69) is 10.3 Å². The van der Waals surface area contributed by atoms with E-state index in [1.165, 1.54) is 4.57 Å². The Kier molecular flexibility index (Phi) is 8.11. The van der Waals surface area contributed by atoms with Crippen LogP contribution in [-0.4, -0.2) is 28.2 Å². The zero-order valence-corrected chi connectivity index (χ0v) is 21.9. The monoisotopic (exact) mass is 507 g/mol. The van der Waals surface area contributed by atoms with E-state index in [1.807, 2.05) is 63.2 Å². The molecule has 1 fully saturated rings. The van der Waals surface area contributed by atoms with Crippen LogP contribution >= 0.6 is 0 Å². The van der Waals surface area contributed by atoms with Gasteiger partial charge in [0.1, 0.15) is 5.75 Å². The molecule has 1 aromatic heterocycles. The summed E-state index contributed by atoms with van der Waals surface area (Å²) in [7, 11) is 0. The summed E-state index contributed by atoms with van der Waals surface area (Å²) in [5, 5.41) is 3.25. The van der Waals surface area contributed by atoms with Crippen molar-refractivity contribution in [1.29, 1.82) is 0 Å². The molecular formula is C28H35N4O5+. The molecule has 3 aromatic rings. The minimum atomic E-state index is -0.598. The molecule has 9 heteroatoms. The van der Waals surface area contributed by atoms with Crippen LogP contribution in [0.4, 0.5) is 11.6 Å². The number of anilines is 2. The first kappa shape index (κ1) is 26.2. The maximum absolute atomic E-state index is 13.5. The third-order valence-electron chi connectivity index (χ3n) is 6.16. The van der Waals surface area contributed by atoms with Gasteiger partial charge in [-0.2, -0.15) is 9.13 Å². The van der Waals surface area contributed by atoms with Crippen molar-refractivity contribution in [3.05, 3.63) is 80.1 Å². The van der Waals surface area contributed by atoms with Crippen LogP contribution in [-0.2, 0) is 22.6 Å². The molecule has 0 aliphatic heterocycles. The topological polar surface area (TPSA) is 106 Å². The Labute approximate surface area is 216 Å². The number of hydrogen-bond donors (Lipinski definition) is 2. The van der Waals surface area contributed by atoms with E-state index in [9.17, 15) is 14.4 Å². The van der Waals surface area contributed by atoms with Gasteiger partial charge >= 0.3 is 23.3 Å². The molecule has 1 heterocycles. The summed E-state index contributed by atoms with van der Waals surface area (Å²) >= 11 is 0. The Hall–Kier alpha value is -3.88. The fraction of sp³-hybridized carbons (Fsp3) is 0.429. The van der Waals surface area contributed by atoms with Crippen LogP contribution in [0.2, 0.25) is 0 Å². The molecule has 4 rings (SSSR count). The van der Waals surface area contributed by atoms with Crippen molar-refractivity contribution in [1.82, 2.24) is 9.55 Å². The van der Waals surface area contributed by atoms with E-state index >= 15 is 0 Å². The Morgan fingerprint density at radius 3 is 2.54 bits per heavy atom. The number of rotatable bonds is 11. The van der Waals surface area contributed by atoms with Crippen LogP contribution in [0.25, 0.3) is 0 Å². The van der Waals surface area contributed by atoms with E-state index < -0.39 is 17.3 Å². The predicted molar refractivity (Wildman–Crippen MR) is 141 cm³/mol. The van der Waals surface area contributed by atoms with E-state index in [0.717, 1.165) is 45.5 Å². The number of ether oxygens (including phenoxy) is 2. The molecule has 0 unspecified atom stereocenters. The number of nitrogens with zero attached hydrogens (tertiary/aromatic N) is 2. The van der Waals surface area contributed by atoms with Crippen LogP contribution in [0.5, 0.6) is 5.75 Å². The third kappa shape index (κ3) is 6.67. The van der Waals surface area contributed by atoms with E-state index in [4.69, 9.17) is 9.47 Å². The number of aryl methyl sites for hydroxylation is 1. The van der Waals surface area contributed by atoms with Crippen LogP contribution in [0, 0.1) is 6.92 Å². The van der Waals surface area contributed by atoms with Gasteiger partial charge in [0.15, 0.2) is 0 Å². The Balaban J connectivity index is 1.71. The van der Waals surface area contributed by atoms with Gasteiger partial charge in [-0.25, -0.2) is 14.6 Å². The number of aromatic amines is 1. The van der Waals surface area contributed by atoms with Crippen molar-refractivity contribution in [2.75, 3.05) is 11.9 Å². The van der Waals surface area contributed by atoms with Gasteiger partial charge in [-0.15, -0.1) is 0 Å². The summed E-state index contributed by atoms with van der Waals surface area (Å²) < 4.78 is 13.5. The van der Waals surface area contributed by atoms with Gasteiger partial charge in [-0.3, -0.25) is 10.1 Å². The zero-order valence-electron chi connectivity index (χ0n) is 21.9. The maximum atomic E-state index is 13.5. The molecule has 2 aromatic carbocycles. The van der Waals surface area contributed by atoms with E-state index in [1.54, 1.807) is 6.92 Å². The molecule has 1 aliphatic rings. The second kappa shape index (κ2) is 11.5. The molecule has 0 bridgehead atoms. The minimum Gasteiger partial charge on any atom is -0.491 e. The number of carbonyl (C=O) groups is 1. The number of benzene rings is 2. The quantitative estimate of drug-likeness (QED) is 0.304. The minimum absolute atomic E-state index is 0.0616. The average molecular weight is 508 g/mol. The van der Waals surface area contributed by atoms with Crippen molar-refractivity contribution in [2.45, 2.75) is 72.1 Å². The summed E-state index contributed by atoms with van der Waals surface area (Å²) in [4.78, 5) is 41.1. The Morgan fingerprint density at radius 2 is 1.89 bits per heavy atom. The first-order valence-corrected chi connectivity index (χ1v) is 12.8. The highest BCUT2D eigenvalue weighted by Gasteiger charge is 2.28. The molecule has 0 spiro atoms. The lowest BCUT2D eigenvalue weighted by molar-refractivity contribution is -0.696. The van der Waals surface area contributed by atoms with Crippen molar-refractivity contribution in [2.24, 2.45) is 0 Å². The number of nitrogens with one attached hydrogen (secondary N) is 2. The first-order chi connectivity index (χ1) is 17.7. The normalized spacial score (nSPS) is 13.0. The fourth-order valence-electron chi connectivity index (χ4n) is 4.16. The van der Waals surface area contributed by atoms with Crippen LogP contribution in [0.1, 0.15) is 62.6 Å². The number of H-pyrrole nitrogens is 1. The summed E-state index contributed by atoms with van der Waals surface area (Å²) in [5.74, 6) is 1.11. The van der Waals surface area contributed by atoms with Crippen molar-refractivity contribution < 1.29 is 18.8 Å². The molecule has 2 N–H and O–H groups in total. The molecule has 9 nitrogen and oxygen atoms in total. The molecule has 0 radical (unpaired) electrons. The molecule has 0 atom stereocenters. The maximum Gasteiger partial charge on any atom is 0.421 e. The van der Waals surface area contributed by atoms with Gasteiger partial charge in [-0.1, -0.05) is 29.8 Å². The number of aromatic nitrogens is 3. The third-order valence-corrected chi connectivity index (χ3v) is 6.16. The SMILES string of the molecule is CCOC(=O)CCn1c(=O)[nH]c(Nc2ccc(OC(C)C)c(C3CC3)c2)[n+](Cc2ccc(C)cc2)c1=O. The number of esters is 1. The lowest BCUT2D eigenvalue weighted by atomic mass is 10.1. The van der Waals surface area contributed by atoms with Crippen molar-refractivity contribution >= 4 is 17.6 Å². The molecule has 1 aliphatic carbocycles. The zero-order chi connectivity index (χ0) is 26.5. The van der Waals surface area contributed by atoms with Crippen LogP contribution < -0.4 is 26.0 Å². The number of hydrogen-bond acceptors (Lipinski definition) is 6. The molecule has 0 saturated heterocycles. The molecule has 0 amide bonds. The van der Waals surface area contributed by atoms with Crippen molar-refractivity contribution in [3.8, 4) is 5.75 Å². The van der Waals surface area contributed by atoms with Gasteiger partial charge in [0.25, 0.3) is 0 Å². The van der Waals surface area contributed by atoms with Gasteiger partial charge in [-0.05, 0) is 70.2 Å². The molecule has 1 saturated carbocycles. The largest absolute Gasteiger partial charge is 0.491 e. The second-order valence-corrected chi connectivity index (χ2v) is 9.66. The fourth-order valence-corrected chi connectivity index (χ4v) is 4.16. The van der Waals surface area contributed by atoms with Gasteiger partial charge in [0.2, 0.25) is 0 Å². The summed E-state index contributed by atoms with van der Waals surface area (Å²) in [5.41, 5.74) is 2.76. The van der Waals surface area contributed by atoms with Gasteiger partial charge in [0, 0.05) is 5.56 Å². The summed E-state index contributed by atoms with van der Waals surface area (Å²) in [6.07, 6.45) is 2.21. The lowest BCUT2D eigenvalue weighted by Crippen LogP contribution is -2.60. The Morgan fingerprint density at radius 1 is 1.16 bits per heavy atom.